The van der Waals surface area contributed by atoms with Crippen LogP contribution in [0.1, 0.15) is 32.4 Å². The van der Waals surface area contributed by atoms with Crippen molar-refractivity contribution in [3.63, 3.8) is 0 Å². The number of nitrogens with one attached hydrogen (secondary N) is 1. The number of fused-ring (bicyclic) bond motifs is 1. The molecule has 0 aliphatic carbocycles. The number of ether oxygens (including phenoxy) is 2. The quantitative estimate of drug-likeness (QED) is 0.833. The SMILES string of the molecule is COc1ccc(C2Nc3nnnn3C(C)=C2C(=O)OCC(C)C)cc1. The molecule has 1 aliphatic heterocycles. The number of aromatic nitrogens is 4. The smallest absolute Gasteiger partial charge is 0.338 e. The molecule has 25 heavy (non-hydrogen) atoms. The van der Waals surface area contributed by atoms with Gasteiger partial charge in [-0.05, 0) is 41.0 Å². The Labute approximate surface area is 145 Å². The average Bonchev–Trinajstić information content (AvgIpc) is 3.08. The number of anilines is 1. The van der Waals surface area contributed by atoms with Crippen molar-refractivity contribution in [1.82, 2.24) is 20.2 Å². The molecule has 0 saturated carbocycles. The second-order valence-electron chi connectivity index (χ2n) is 6.26. The van der Waals surface area contributed by atoms with Gasteiger partial charge >= 0.3 is 5.97 Å². The lowest BCUT2D eigenvalue weighted by molar-refractivity contribution is -0.140. The van der Waals surface area contributed by atoms with Crippen LogP contribution >= 0.6 is 0 Å². The number of allylic oxidation sites excluding steroid dienone is 1. The number of tetrazole rings is 1. The Kier molecular flexibility index (Phi) is 4.69. The first-order valence-electron chi connectivity index (χ1n) is 8.08. The fourth-order valence-corrected chi connectivity index (χ4v) is 2.66. The molecule has 2 aromatic rings. The summed E-state index contributed by atoms with van der Waals surface area (Å²) in [4.78, 5) is 12.7. The Balaban J connectivity index is 1.99. The van der Waals surface area contributed by atoms with Crippen LogP contribution in [-0.4, -0.2) is 39.9 Å². The van der Waals surface area contributed by atoms with Gasteiger partial charge in [-0.3, -0.25) is 0 Å². The Bertz CT molecular complexity index is 795. The second kappa shape index (κ2) is 6.92. The van der Waals surface area contributed by atoms with Gasteiger partial charge in [0, 0.05) is 0 Å². The van der Waals surface area contributed by atoms with Crippen LogP contribution in [0.15, 0.2) is 29.8 Å². The maximum Gasteiger partial charge on any atom is 0.338 e. The summed E-state index contributed by atoms with van der Waals surface area (Å²) < 4.78 is 12.2. The van der Waals surface area contributed by atoms with Crippen LogP contribution in [0.2, 0.25) is 0 Å². The van der Waals surface area contributed by atoms with Gasteiger partial charge in [0.2, 0.25) is 5.95 Å². The average molecular weight is 343 g/mol. The highest BCUT2D eigenvalue weighted by atomic mass is 16.5. The molecule has 0 fully saturated rings. The Morgan fingerprint density at radius 2 is 2.04 bits per heavy atom. The number of hydrogen-bond acceptors (Lipinski definition) is 7. The van der Waals surface area contributed by atoms with Gasteiger partial charge in [0.05, 0.1) is 31.0 Å². The maximum absolute atomic E-state index is 12.7. The van der Waals surface area contributed by atoms with Crippen molar-refractivity contribution in [3.8, 4) is 5.75 Å². The molecule has 1 aromatic carbocycles. The summed E-state index contributed by atoms with van der Waals surface area (Å²) in [6.45, 7) is 6.15. The van der Waals surface area contributed by atoms with Crippen molar-refractivity contribution in [1.29, 1.82) is 0 Å². The van der Waals surface area contributed by atoms with Gasteiger partial charge in [0.25, 0.3) is 0 Å². The molecule has 1 N–H and O–H groups in total. The molecule has 1 unspecified atom stereocenters. The summed E-state index contributed by atoms with van der Waals surface area (Å²) in [6, 6.07) is 7.10. The first-order chi connectivity index (χ1) is 12.0. The maximum atomic E-state index is 12.7. The molecular weight excluding hydrogens is 322 g/mol. The van der Waals surface area contributed by atoms with Crippen LogP contribution in [0.25, 0.3) is 5.70 Å². The minimum atomic E-state index is -0.399. The van der Waals surface area contributed by atoms with Gasteiger partial charge in [0.1, 0.15) is 5.75 Å². The van der Waals surface area contributed by atoms with Gasteiger partial charge in [-0.1, -0.05) is 31.1 Å². The number of hydrogen-bond donors (Lipinski definition) is 1. The van der Waals surface area contributed by atoms with Crippen molar-refractivity contribution in [2.75, 3.05) is 19.0 Å². The van der Waals surface area contributed by atoms with E-state index in [4.69, 9.17) is 9.47 Å². The van der Waals surface area contributed by atoms with E-state index < -0.39 is 6.04 Å². The number of benzene rings is 1. The van der Waals surface area contributed by atoms with Gasteiger partial charge in [-0.2, -0.15) is 4.68 Å². The number of methoxy groups -OCH3 is 1. The molecule has 3 rings (SSSR count). The van der Waals surface area contributed by atoms with E-state index in [1.165, 1.54) is 4.68 Å². The molecule has 1 atom stereocenters. The van der Waals surface area contributed by atoms with Gasteiger partial charge in [-0.15, -0.1) is 0 Å². The minimum absolute atomic E-state index is 0.254. The lowest BCUT2D eigenvalue weighted by Crippen LogP contribution is -2.29. The molecule has 2 heterocycles. The highest BCUT2D eigenvalue weighted by Crippen LogP contribution is 2.35. The van der Waals surface area contributed by atoms with Gasteiger partial charge in [-0.25, -0.2) is 4.79 Å². The first kappa shape index (κ1) is 16.9. The summed E-state index contributed by atoms with van der Waals surface area (Å²) in [7, 11) is 1.61. The molecule has 8 heteroatoms. The van der Waals surface area contributed by atoms with Crippen molar-refractivity contribution in [2.24, 2.45) is 5.92 Å². The van der Waals surface area contributed by atoms with Crippen molar-refractivity contribution in [3.05, 3.63) is 35.4 Å². The van der Waals surface area contributed by atoms with E-state index in [-0.39, 0.29) is 11.9 Å². The zero-order valence-electron chi connectivity index (χ0n) is 14.7. The third-order valence-corrected chi connectivity index (χ3v) is 3.96. The third-order valence-electron chi connectivity index (χ3n) is 3.96. The van der Waals surface area contributed by atoms with E-state index in [9.17, 15) is 4.79 Å². The summed E-state index contributed by atoms with van der Waals surface area (Å²) in [5, 5.41) is 14.8. The zero-order valence-corrected chi connectivity index (χ0v) is 14.7. The number of carbonyl (C=O) groups is 1. The first-order valence-corrected chi connectivity index (χ1v) is 8.08. The normalized spacial score (nSPS) is 16.4. The lowest BCUT2D eigenvalue weighted by Gasteiger charge is -2.27. The molecule has 1 aliphatic rings. The van der Waals surface area contributed by atoms with E-state index in [1.54, 1.807) is 7.11 Å². The van der Waals surface area contributed by atoms with Crippen LogP contribution in [0.4, 0.5) is 5.95 Å². The van der Waals surface area contributed by atoms with E-state index in [0.29, 0.717) is 23.8 Å². The van der Waals surface area contributed by atoms with Crippen LogP contribution < -0.4 is 10.1 Å². The molecule has 1 aromatic heterocycles. The van der Waals surface area contributed by atoms with E-state index in [2.05, 4.69) is 20.8 Å². The van der Waals surface area contributed by atoms with Gasteiger partial charge in [0.15, 0.2) is 0 Å². The molecule has 0 amide bonds. The monoisotopic (exact) mass is 343 g/mol. The highest BCUT2D eigenvalue weighted by molar-refractivity contribution is 5.97. The Hall–Kier alpha value is -2.90. The predicted molar refractivity (Wildman–Crippen MR) is 91.9 cm³/mol. The minimum Gasteiger partial charge on any atom is -0.497 e. The van der Waals surface area contributed by atoms with Crippen molar-refractivity contribution in [2.45, 2.75) is 26.8 Å². The van der Waals surface area contributed by atoms with Crippen LogP contribution in [-0.2, 0) is 9.53 Å². The molecule has 0 radical (unpaired) electrons. The number of nitrogens with zero attached hydrogens (tertiary/aromatic N) is 4. The largest absolute Gasteiger partial charge is 0.497 e. The summed E-state index contributed by atoms with van der Waals surface area (Å²) in [5.74, 6) is 1.11. The van der Waals surface area contributed by atoms with Crippen LogP contribution in [0, 0.1) is 5.92 Å². The van der Waals surface area contributed by atoms with Gasteiger partial charge < -0.3 is 14.8 Å². The highest BCUT2D eigenvalue weighted by Gasteiger charge is 2.33. The summed E-state index contributed by atoms with van der Waals surface area (Å²) >= 11 is 0. The Morgan fingerprint density at radius 3 is 2.68 bits per heavy atom. The van der Waals surface area contributed by atoms with E-state index in [0.717, 1.165) is 11.3 Å². The van der Waals surface area contributed by atoms with E-state index >= 15 is 0 Å². The summed E-state index contributed by atoms with van der Waals surface area (Å²) in [6.07, 6.45) is 0. The van der Waals surface area contributed by atoms with Crippen LogP contribution in [0.3, 0.4) is 0 Å². The second-order valence-corrected chi connectivity index (χ2v) is 6.26. The number of esters is 1. The molecule has 0 saturated heterocycles. The fraction of sp³-hybridized carbons (Fsp3) is 0.412. The zero-order chi connectivity index (χ0) is 18.0. The Morgan fingerprint density at radius 1 is 1.32 bits per heavy atom. The number of carbonyl (C=O) groups excluding carboxylic acids is 1. The summed E-state index contributed by atoms with van der Waals surface area (Å²) in [5.41, 5.74) is 2.03. The standard InChI is InChI=1S/C17H21N5O3/c1-10(2)9-25-16(23)14-11(3)22-17(19-20-21-22)18-15(14)12-5-7-13(24-4)8-6-12/h5-8,10,15H,9H2,1-4H3,(H,18,19,21). The van der Waals surface area contributed by atoms with Crippen LogP contribution in [0.5, 0.6) is 5.75 Å². The topological polar surface area (TPSA) is 91.2 Å². The molecule has 0 bridgehead atoms. The number of rotatable bonds is 5. The fourth-order valence-electron chi connectivity index (χ4n) is 2.66. The predicted octanol–water partition coefficient (Wildman–Crippen LogP) is 2.28. The molecule has 8 nitrogen and oxygen atoms in total. The molecular formula is C17H21N5O3. The van der Waals surface area contributed by atoms with Crippen molar-refractivity contribution < 1.29 is 14.3 Å². The molecule has 132 valence electrons. The van der Waals surface area contributed by atoms with Crippen molar-refractivity contribution >= 4 is 17.6 Å². The lowest BCUT2D eigenvalue weighted by atomic mass is 9.95. The third kappa shape index (κ3) is 3.33. The molecule has 0 spiro atoms. The van der Waals surface area contributed by atoms with E-state index in [1.807, 2.05) is 45.0 Å².